The van der Waals surface area contributed by atoms with E-state index < -0.39 is 0 Å². The molecule has 0 spiro atoms. The standard InChI is InChI=1S/C16H19NO3/c18-15-7-8-16(19)17(15)9-2-10-20-14-6-5-12-3-1-4-13(12)11-14/h5-6,11H,1-4,7-10H2. The van der Waals surface area contributed by atoms with Crippen LogP contribution in [0.2, 0.25) is 0 Å². The first-order valence-corrected chi connectivity index (χ1v) is 7.32. The summed E-state index contributed by atoms with van der Waals surface area (Å²) in [7, 11) is 0. The molecule has 1 aromatic rings. The molecule has 0 bridgehead atoms. The minimum Gasteiger partial charge on any atom is -0.494 e. The van der Waals surface area contributed by atoms with Crippen LogP contribution in [0.3, 0.4) is 0 Å². The number of carbonyl (C=O) groups is 2. The number of aryl methyl sites for hydroxylation is 2. The highest BCUT2D eigenvalue weighted by Crippen LogP contribution is 2.26. The van der Waals surface area contributed by atoms with E-state index in [2.05, 4.69) is 12.1 Å². The summed E-state index contributed by atoms with van der Waals surface area (Å²) in [4.78, 5) is 24.2. The summed E-state index contributed by atoms with van der Waals surface area (Å²) in [6.07, 6.45) is 4.97. The van der Waals surface area contributed by atoms with Crippen molar-refractivity contribution < 1.29 is 14.3 Å². The molecule has 3 rings (SSSR count). The fraction of sp³-hybridized carbons (Fsp3) is 0.500. The van der Waals surface area contributed by atoms with Crippen LogP contribution in [0.1, 0.15) is 36.8 Å². The van der Waals surface area contributed by atoms with Gasteiger partial charge in [-0.2, -0.15) is 0 Å². The van der Waals surface area contributed by atoms with Gasteiger partial charge in [-0.3, -0.25) is 14.5 Å². The van der Waals surface area contributed by atoms with E-state index in [9.17, 15) is 9.59 Å². The zero-order valence-corrected chi connectivity index (χ0v) is 11.6. The normalized spacial score (nSPS) is 17.7. The highest BCUT2D eigenvalue weighted by atomic mass is 16.5. The third-order valence-corrected chi connectivity index (χ3v) is 4.02. The van der Waals surface area contributed by atoms with Gasteiger partial charge in [0, 0.05) is 19.4 Å². The van der Waals surface area contributed by atoms with E-state index >= 15 is 0 Å². The van der Waals surface area contributed by atoms with E-state index in [0.29, 0.717) is 32.4 Å². The Morgan fingerprint density at radius 3 is 2.55 bits per heavy atom. The van der Waals surface area contributed by atoms with Crippen molar-refractivity contribution >= 4 is 11.8 Å². The lowest BCUT2D eigenvalue weighted by atomic mass is 10.1. The highest BCUT2D eigenvalue weighted by molar-refractivity contribution is 6.01. The average molecular weight is 273 g/mol. The Kier molecular flexibility index (Phi) is 3.72. The molecule has 1 aliphatic heterocycles. The topological polar surface area (TPSA) is 46.6 Å². The Hall–Kier alpha value is -1.84. The first-order valence-electron chi connectivity index (χ1n) is 7.32. The molecule has 0 saturated carbocycles. The van der Waals surface area contributed by atoms with Crippen LogP contribution in [0.25, 0.3) is 0 Å². The van der Waals surface area contributed by atoms with Crippen LogP contribution in [-0.2, 0) is 22.4 Å². The number of likely N-dealkylation sites (tertiary alicyclic amines) is 1. The maximum absolute atomic E-state index is 11.4. The predicted octanol–water partition coefficient (Wildman–Crippen LogP) is 2.09. The fourth-order valence-electron chi connectivity index (χ4n) is 2.92. The number of hydrogen-bond acceptors (Lipinski definition) is 3. The molecule has 2 amide bonds. The SMILES string of the molecule is O=C1CCC(=O)N1CCCOc1ccc2c(c1)CCC2. The Balaban J connectivity index is 1.46. The molecule has 1 aromatic carbocycles. The number of rotatable bonds is 5. The monoisotopic (exact) mass is 273 g/mol. The first-order chi connectivity index (χ1) is 9.74. The molecule has 20 heavy (non-hydrogen) atoms. The van der Waals surface area contributed by atoms with Gasteiger partial charge < -0.3 is 4.74 Å². The number of amides is 2. The van der Waals surface area contributed by atoms with Gasteiger partial charge >= 0.3 is 0 Å². The van der Waals surface area contributed by atoms with Crippen molar-refractivity contribution in [3.05, 3.63) is 29.3 Å². The number of nitrogens with zero attached hydrogens (tertiary/aromatic N) is 1. The largest absolute Gasteiger partial charge is 0.494 e. The van der Waals surface area contributed by atoms with E-state index in [1.807, 2.05) is 6.07 Å². The molecule has 106 valence electrons. The second kappa shape index (κ2) is 5.65. The summed E-state index contributed by atoms with van der Waals surface area (Å²) < 4.78 is 5.71. The van der Waals surface area contributed by atoms with Gasteiger partial charge in [-0.1, -0.05) is 6.07 Å². The second-order valence-corrected chi connectivity index (χ2v) is 5.43. The quantitative estimate of drug-likeness (QED) is 0.609. The average Bonchev–Trinajstić information content (AvgIpc) is 3.03. The third-order valence-electron chi connectivity index (χ3n) is 4.02. The summed E-state index contributed by atoms with van der Waals surface area (Å²) in [5.74, 6) is 0.796. The zero-order valence-electron chi connectivity index (χ0n) is 11.6. The maximum Gasteiger partial charge on any atom is 0.229 e. The lowest BCUT2D eigenvalue weighted by Gasteiger charge is -2.14. The van der Waals surface area contributed by atoms with Gasteiger partial charge in [0.25, 0.3) is 0 Å². The van der Waals surface area contributed by atoms with Crippen molar-refractivity contribution in [2.45, 2.75) is 38.5 Å². The second-order valence-electron chi connectivity index (χ2n) is 5.43. The van der Waals surface area contributed by atoms with Crippen LogP contribution in [0.5, 0.6) is 5.75 Å². The molecule has 0 unspecified atom stereocenters. The van der Waals surface area contributed by atoms with Gasteiger partial charge in [0.05, 0.1) is 6.61 Å². The number of hydrogen-bond donors (Lipinski definition) is 0. The highest BCUT2D eigenvalue weighted by Gasteiger charge is 2.27. The zero-order chi connectivity index (χ0) is 13.9. The summed E-state index contributed by atoms with van der Waals surface area (Å²) in [5.41, 5.74) is 2.83. The molecule has 1 saturated heterocycles. The number of ether oxygens (including phenoxy) is 1. The van der Waals surface area contributed by atoms with Crippen LogP contribution in [0.4, 0.5) is 0 Å². The molecular weight excluding hydrogens is 254 g/mol. The van der Waals surface area contributed by atoms with E-state index in [-0.39, 0.29) is 11.8 Å². The van der Waals surface area contributed by atoms with Gasteiger partial charge in [0.1, 0.15) is 5.75 Å². The van der Waals surface area contributed by atoms with E-state index in [1.54, 1.807) is 0 Å². The van der Waals surface area contributed by atoms with Crippen LogP contribution in [0.15, 0.2) is 18.2 Å². The number of fused-ring (bicyclic) bond motifs is 1. The molecule has 4 nitrogen and oxygen atoms in total. The summed E-state index contributed by atoms with van der Waals surface area (Å²) in [6, 6.07) is 6.27. The fourth-order valence-corrected chi connectivity index (χ4v) is 2.92. The van der Waals surface area contributed by atoms with Crippen LogP contribution in [0, 0.1) is 0 Å². The molecule has 1 heterocycles. The van der Waals surface area contributed by atoms with E-state index in [0.717, 1.165) is 12.2 Å². The van der Waals surface area contributed by atoms with E-state index in [4.69, 9.17) is 4.74 Å². The minimum absolute atomic E-state index is 0.0486. The van der Waals surface area contributed by atoms with Gasteiger partial charge in [0.2, 0.25) is 11.8 Å². The molecule has 4 heteroatoms. The Bertz CT molecular complexity index is 523. The molecule has 1 aliphatic carbocycles. The molecule has 0 atom stereocenters. The Morgan fingerprint density at radius 2 is 1.75 bits per heavy atom. The van der Waals surface area contributed by atoms with Crippen molar-refractivity contribution in [3.8, 4) is 5.75 Å². The summed E-state index contributed by atoms with van der Waals surface area (Å²) >= 11 is 0. The third kappa shape index (κ3) is 2.69. The van der Waals surface area contributed by atoms with Crippen molar-refractivity contribution in [2.24, 2.45) is 0 Å². The molecule has 2 aliphatic rings. The molecule has 0 radical (unpaired) electrons. The predicted molar refractivity (Wildman–Crippen MR) is 74.5 cm³/mol. The molecule has 0 N–H and O–H groups in total. The van der Waals surface area contributed by atoms with Crippen LogP contribution in [-0.4, -0.2) is 29.9 Å². The van der Waals surface area contributed by atoms with Gasteiger partial charge in [-0.25, -0.2) is 0 Å². The van der Waals surface area contributed by atoms with Gasteiger partial charge in [0.15, 0.2) is 0 Å². The number of imide groups is 1. The summed E-state index contributed by atoms with van der Waals surface area (Å²) in [5, 5.41) is 0. The molecule has 0 aromatic heterocycles. The molecular formula is C16H19NO3. The number of benzene rings is 1. The maximum atomic E-state index is 11.4. The van der Waals surface area contributed by atoms with Crippen molar-refractivity contribution in [2.75, 3.05) is 13.2 Å². The lowest BCUT2D eigenvalue weighted by molar-refractivity contribution is -0.138. The first kappa shape index (κ1) is 13.2. The summed E-state index contributed by atoms with van der Waals surface area (Å²) in [6.45, 7) is 1.01. The Morgan fingerprint density at radius 1 is 1.00 bits per heavy atom. The number of carbonyl (C=O) groups excluding carboxylic acids is 2. The van der Waals surface area contributed by atoms with Crippen molar-refractivity contribution in [3.63, 3.8) is 0 Å². The van der Waals surface area contributed by atoms with Crippen molar-refractivity contribution in [1.82, 2.24) is 4.90 Å². The van der Waals surface area contributed by atoms with Gasteiger partial charge in [-0.05, 0) is 48.9 Å². The minimum atomic E-state index is -0.0486. The van der Waals surface area contributed by atoms with Crippen molar-refractivity contribution in [1.29, 1.82) is 0 Å². The smallest absolute Gasteiger partial charge is 0.229 e. The van der Waals surface area contributed by atoms with Gasteiger partial charge in [-0.15, -0.1) is 0 Å². The molecule has 1 fully saturated rings. The Labute approximate surface area is 118 Å². The van der Waals surface area contributed by atoms with Crippen LogP contribution < -0.4 is 4.74 Å². The lowest BCUT2D eigenvalue weighted by Crippen LogP contribution is -2.30. The van der Waals surface area contributed by atoms with Crippen LogP contribution >= 0.6 is 0 Å². The van der Waals surface area contributed by atoms with E-state index in [1.165, 1.54) is 28.9 Å².